The van der Waals surface area contributed by atoms with Crippen molar-refractivity contribution in [2.45, 2.75) is 12.8 Å². The Morgan fingerprint density at radius 2 is 2.47 bits per heavy atom. The van der Waals surface area contributed by atoms with Gasteiger partial charge in [-0.1, -0.05) is 6.07 Å². The molecule has 0 amide bonds. The van der Waals surface area contributed by atoms with E-state index in [2.05, 4.69) is 10.3 Å². The summed E-state index contributed by atoms with van der Waals surface area (Å²) in [6, 6.07) is 5.76. The third-order valence-electron chi connectivity index (χ3n) is 3.27. The second-order valence-corrected chi connectivity index (χ2v) is 4.48. The minimum absolute atomic E-state index is 0.647. The summed E-state index contributed by atoms with van der Waals surface area (Å²) in [6.45, 7) is 2.17. The molecule has 3 rings (SSSR count). The summed E-state index contributed by atoms with van der Waals surface area (Å²) in [5, 5.41) is 3.35. The van der Waals surface area contributed by atoms with Crippen LogP contribution < -0.4 is 10.1 Å². The van der Waals surface area contributed by atoms with E-state index in [1.54, 1.807) is 7.11 Å². The van der Waals surface area contributed by atoms with Gasteiger partial charge >= 0.3 is 0 Å². The Balaban J connectivity index is 1.90. The van der Waals surface area contributed by atoms with Gasteiger partial charge in [-0.05, 0) is 37.6 Å². The first-order valence-electron chi connectivity index (χ1n) is 6.00. The maximum Gasteiger partial charge on any atom is 0.195 e. The van der Waals surface area contributed by atoms with Crippen LogP contribution in [0.25, 0.3) is 11.1 Å². The fourth-order valence-corrected chi connectivity index (χ4v) is 2.36. The quantitative estimate of drug-likeness (QED) is 0.879. The van der Waals surface area contributed by atoms with E-state index in [0.29, 0.717) is 5.92 Å². The number of oxazole rings is 1. The lowest BCUT2D eigenvalue weighted by Crippen LogP contribution is -2.10. The number of methoxy groups -OCH3 is 1. The third-order valence-corrected chi connectivity index (χ3v) is 3.27. The summed E-state index contributed by atoms with van der Waals surface area (Å²) >= 11 is 0. The first-order chi connectivity index (χ1) is 8.36. The molecule has 1 aromatic carbocycles. The molecule has 2 heterocycles. The molecule has 2 aromatic rings. The number of hydrogen-bond donors (Lipinski definition) is 1. The fraction of sp³-hybridized carbons (Fsp3) is 0.462. The van der Waals surface area contributed by atoms with Gasteiger partial charge < -0.3 is 14.5 Å². The van der Waals surface area contributed by atoms with E-state index in [4.69, 9.17) is 9.15 Å². The van der Waals surface area contributed by atoms with Crippen LogP contribution in [0.2, 0.25) is 0 Å². The number of nitrogens with one attached hydrogen (secondary N) is 1. The molecule has 1 aliphatic rings. The largest absolute Gasteiger partial charge is 0.494 e. The summed E-state index contributed by atoms with van der Waals surface area (Å²) in [4.78, 5) is 4.53. The molecule has 0 saturated carbocycles. The zero-order valence-corrected chi connectivity index (χ0v) is 9.90. The van der Waals surface area contributed by atoms with Crippen molar-refractivity contribution < 1.29 is 9.15 Å². The number of hydrogen-bond acceptors (Lipinski definition) is 4. The molecule has 1 fully saturated rings. The number of fused-ring (bicyclic) bond motifs is 1. The molecule has 1 aromatic heterocycles. The highest BCUT2D eigenvalue weighted by Crippen LogP contribution is 2.26. The predicted molar refractivity (Wildman–Crippen MR) is 65.2 cm³/mol. The van der Waals surface area contributed by atoms with Crippen molar-refractivity contribution in [3.8, 4) is 5.75 Å². The number of nitrogens with zero attached hydrogens (tertiary/aromatic N) is 1. The van der Waals surface area contributed by atoms with Gasteiger partial charge in [0, 0.05) is 6.42 Å². The topological polar surface area (TPSA) is 47.3 Å². The van der Waals surface area contributed by atoms with Gasteiger partial charge in [0.2, 0.25) is 0 Å². The summed E-state index contributed by atoms with van der Waals surface area (Å²) in [5.41, 5.74) is 1.64. The highest BCUT2D eigenvalue weighted by Gasteiger charge is 2.18. The number of ether oxygens (including phenoxy) is 1. The maximum absolute atomic E-state index is 5.75. The Kier molecular flexibility index (Phi) is 2.73. The van der Waals surface area contributed by atoms with E-state index in [9.17, 15) is 0 Å². The van der Waals surface area contributed by atoms with Crippen LogP contribution in [0.15, 0.2) is 22.6 Å². The molecular weight excluding hydrogens is 216 g/mol. The first-order valence-corrected chi connectivity index (χ1v) is 6.00. The lowest BCUT2D eigenvalue weighted by atomic mass is 10.1. The van der Waals surface area contributed by atoms with Crippen molar-refractivity contribution in [2.24, 2.45) is 5.92 Å². The molecule has 1 N–H and O–H groups in total. The van der Waals surface area contributed by atoms with Crippen molar-refractivity contribution >= 4 is 11.1 Å². The average Bonchev–Trinajstić information content (AvgIpc) is 2.97. The van der Waals surface area contributed by atoms with Gasteiger partial charge in [0.15, 0.2) is 17.0 Å². The summed E-state index contributed by atoms with van der Waals surface area (Å²) in [6.07, 6.45) is 2.11. The summed E-state index contributed by atoms with van der Waals surface area (Å²) in [5.74, 6) is 2.24. The Morgan fingerprint density at radius 1 is 1.53 bits per heavy atom. The number of para-hydroxylation sites is 1. The molecule has 17 heavy (non-hydrogen) atoms. The van der Waals surface area contributed by atoms with Crippen LogP contribution in [0, 0.1) is 5.92 Å². The molecular formula is C13H16N2O2. The van der Waals surface area contributed by atoms with E-state index in [0.717, 1.165) is 42.3 Å². The highest BCUT2D eigenvalue weighted by molar-refractivity contribution is 5.79. The van der Waals surface area contributed by atoms with E-state index in [-0.39, 0.29) is 0 Å². The summed E-state index contributed by atoms with van der Waals surface area (Å²) < 4.78 is 11.0. The molecule has 4 heteroatoms. The second-order valence-electron chi connectivity index (χ2n) is 4.48. The maximum atomic E-state index is 5.75. The van der Waals surface area contributed by atoms with Crippen molar-refractivity contribution in [2.75, 3.05) is 20.2 Å². The second kappa shape index (κ2) is 4.37. The minimum Gasteiger partial charge on any atom is -0.494 e. The van der Waals surface area contributed by atoms with Gasteiger partial charge in [0.25, 0.3) is 0 Å². The lowest BCUT2D eigenvalue weighted by Gasteiger charge is -2.02. The van der Waals surface area contributed by atoms with Crippen LogP contribution in [0.1, 0.15) is 12.3 Å². The average molecular weight is 232 g/mol. The third kappa shape index (κ3) is 2.00. The Hall–Kier alpha value is -1.55. The van der Waals surface area contributed by atoms with Crippen LogP contribution >= 0.6 is 0 Å². The lowest BCUT2D eigenvalue weighted by molar-refractivity contribution is 0.419. The zero-order valence-electron chi connectivity index (χ0n) is 9.90. The van der Waals surface area contributed by atoms with Gasteiger partial charge in [0.1, 0.15) is 5.75 Å². The molecule has 1 atom stereocenters. The molecule has 0 spiro atoms. The van der Waals surface area contributed by atoms with Crippen molar-refractivity contribution in [3.63, 3.8) is 0 Å². The van der Waals surface area contributed by atoms with Gasteiger partial charge in [0.05, 0.1) is 7.11 Å². The van der Waals surface area contributed by atoms with Crippen LogP contribution in [0.3, 0.4) is 0 Å². The molecule has 0 bridgehead atoms. The fourth-order valence-electron chi connectivity index (χ4n) is 2.36. The van der Waals surface area contributed by atoms with Crippen LogP contribution in [-0.2, 0) is 6.42 Å². The van der Waals surface area contributed by atoms with Gasteiger partial charge in [-0.2, -0.15) is 0 Å². The monoisotopic (exact) mass is 232 g/mol. The highest BCUT2D eigenvalue weighted by atomic mass is 16.5. The van der Waals surface area contributed by atoms with Gasteiger partial charge in [-0.15, -0.1) is 0 Å². The van der Waals surface area contributed by atoms with Crippen molar-refractivity contribution in [1.29, 1.82) is 0 Å². The van der Waals surface area contributed by atoms with Crippen LogP contribution in [-0.4, -0.2) is 25.2 Å². The number of aromatic nitrogens is 1. The van der Waals surface area contributed by atoms with Gasteiger partial charge in [-0.3, -0.25) is 0 Å². The Bertz CT molecular complexity index is 515. The normalized spacial score (nSPS) is 19.9. The molecule has 4 nitrogen and oxygen atoms in total. The standard InChI is InChI=1S/C13H16N2O2/c1-16-10-3-2-4-11-13(10)15-12(17-11)7-9-5-6-14-8-9/h2-4,9,14H,5-8H2,1H3. The Labute approximate surface area is 100.0 Å². The molecule has 0 aliphatic carbocycles. The van der Waals surface area contributed by atoms with Crippen LogP contribution in [0.5, 0.6) is 5.75 Å². The SMILES string of the molecule is COc1cccc2oc(CC3CCNC3)nc12. The molecule has 1 saturated heterocycles. The van der Waals surface area contributed by atoms with Crippen LogP contribution in [0.4, 0.5) is 0 Å². The van der Waals surface area contributed by atoms with Crippen molar-refractivity contribution in [3.05, 3.63) is 24.1 Å². The van der Waals surface area contributed by atoms with Crippen molar-refractivity contribution in [1.82, 2.24) is 10.3 Å². The number of rotatable bonds is 3. The molecule has 1 aliphatic heterocycles. The predicted octanol–water partition coefficient (Wildman–Crippen LogP) is 1.99. The zero-order chi connectivity index (χ0) is 11.7. The molecule has 90 valence electrons. The summed E-state index contributed by atoms with van der Waals surface area (Å²) in [7, 11) is 1.66. The number of benzene rings is 1. The van der Waals surface area contributed by atoms with E-state index in [1.807, 2.05) is 18.2 Å². The smallest absolute Gasteiger partial charge is 0.195 e. The van der Waals surface area contributed by atoms with E-state index >= 15 is 0 Å². The first kappa shape index (κ1) is 10.6. The minimum atomic E-state index is 0.647. The molecule has 1 unspecified atom stereocenters. The van der Waals surface area contributed by atoms with E-state index in [1.165, 1.54) is 6.42 Å². The molecule has 0 radical (unpaired) electrons. The Morgan fingerprint density at radius 3 is 3.24 bits per heavy atom. The van der Waals surface area contributed by atoms with E-state index < -0.39 is 0 Å². The van der Waals surface area contributed by atoms with Gasteiger partial charge in [-0.25, -0.2) is 4.98 Å².